The summed E-state index contributed by atoms with van der Waals surface area (Å²) < 4.78 is 30.9. The van der Waals surface area contributed by atoms with Gasteiger partial charge >= 0.3 is 5.63 Å². The van der Waals surface area contributed by atoms with Crippen LogP contribution in [0.1, 0.15) is 37.0 Å². The predicted octanol–water partition coefficient (Wildman–Crippen LogP) is 4.24. The first-order chi connectivity index (χ1) is 17.2. The second-order valence-electron chi connectivity index (χ2n) is 10.1. The maximum absolute atomic E-state index is 13.2. The molecule has 1 saturated heterocycles. The first kappa shape index (κ1) is 24.2. The molecule has 0 spiro atoms. The number of carbonyl (C=O) groups excluding carboxylic acids is 1. The van der Waals surface area contributed by atoms with Crippen LogP contribution in [0.2, 0.25) is 0 Å². The van der Waals surface area contributed by atoms with Crippen LogP contribution in [-0.4, -0.2) is 49.7 Å². The number of carbonyl (C=O) groups is 1. The molecule has 0 aliphatic carbocycles. The fourth-order valence-corrected chi connectivity index (χ4v) is 5.18. The average Bonchev–Trinajstić information content (AvgIpc) is 2.85. The minimum atomic E-state index is -0.501. The summed E-state index contributed by atoms with van der Waals surface area (Å²) in [5, 5.41) is 0.711. The molecule has 1 aromatic heterocycles. The topological polar surface area (TPSA) is 72.2 Å². The number of halogens is 1. The van der Waals surface area contributed by atoms with E-state index in [2.05, 4.69) is 4.90 Å². The molecule has 8 heteroatoms. The van der Waals surface area contributed by atoms with E-state index in [1.165, 1.54) is 12.1 Å². The Morgan fingerprint density at radius 3 is 2.50 bits per heavy atom. The summed E-state index contributed by atoms with van der Waals surface area (Å²) >= 11 is 0. The molecule has 2 aromatic carbocycles. The van der Waals surface area contributed by atoms with E-state index in [1.54, 1.807) is 24.1 Å². The van der Waals surface area contributed by atoms with Crippen LogP contribution in [-0.2, 0) is 17.6 Å². The van der Waals surface area contributed by atoms with Crippen molar-refractivity contribution in [2.24, 2.45) is 0 Å². The summed E-state index contributed by atoms with van der Waals surface area (Å²) in [4.78, 5) is 30.2. The molecule has 3 aromatic rings. The smallest absolute Gasteiger partial charge is 0.340 e. The molecule has 3 heterocycles. The quantitative estimate of drug-likeness (QED) is 0.505. The van der Waals surface area contributed by atoms with E-state index in [0.29, 0.717) is 59.8 Å². The molecule has 0 unspecified atom stereocenters. The number of anilines is 1. The van der Waals surface area contributed by atoms with Gasteiger partial charge in [0.05, 0.1) is 24.5 Å². The number of piperazine rings is 1. The van der Waals surface area contributed by atoms with Gasteiger partial charge in [-0.1, -0.05) is 0 Å². The SMILES string of the molecule is COc1cc2c(c3oc(=O)c(CC(=O)N4CCN(c5ccc(F)cc5)CC4)c(C)c13)CCC(C)(C)O2. The lowest BCUT2D eigenvalue weighted by atomic mass is 9.91. The molecule has 7 nitrogen and oxygen atoms in total. The molecule has 5 rings (SSSR count). The van der Waals surface area contributed by atoms with Crippen molar-refractivity contribution < 1.29 is 23.1 Å². The number of hydrogen-bond donors (Lipinski definition) is 0. The monoisotopic (exact) mass is 494 g/mol. The van der Waals surface area contributed by atoms with Gasteiger partial charge in [0.25, 0.3) is 0 Å². The second kappa shape index (κ2) is 9.15. The zero-order valence-electron chi connectivity index (χ0n) is 21.2. The van der Waals surface area contributed by atoms with Crippen molar-refractivity contribution in [3.63, 3.8) is 0 Å². The molecule has 0 radical (unpaired) electrons. The lowest BCUT2D eigenvalue weighted by molar-refractivity contribution is -0.130. The zero-order valence-corrected chi connectivity index (χ0v) is 21.2. The van der Waals surface area contributed by atoms with Crippen LogP contribution in [0.5, 0.6) is 11.5 Å². The molecule has 190 valence electrons. The van der Waals surface area contributed by atoms with Gasteiger partial charge in [0.1, 0.15) is 28.5 Å². The molecule has 0 N–H and O–H groups in total. The maximum Gasteiger partial charge on any atom is 0.340 e. The highest BCUT2D eigenvalue weighted by molar-refractivity contribution is 5.93. The molecule has 1 fully saturated rings. The summed E-state index contributed by atoms with van der Waals surface area (Å²) in [6.07, 6.45) is 1.49. The first-order valence-corrected chi connectivity index (χ1v) is 12.3. The fraction of sp³-hybridized carbons (Fsp3) is 0.429. The highest BCUT2D eigenvalue weighted by Gasteiger charge is 2.31. The van der Waals surface area contributed by atoms with Gasteiger partial charge in [-0.15, -0.1) is 0 Å². The Kier molecular flexibility index (Phi) is 6.14. The third-order valence-corrected chi connectivity index (χ3v) is 7.31. The third kappa shape index (κ3) is 4.40. The Labute approximate surface area is 209 Å². The van der Waals surface area contributed by atoms with Gasteiger partial charge in [-0.3, -0.25) is 4.79 Å². The van der Waals surface area contributed by atoms with Crippen molar-refractivity contribution in [1.29, 1.82) is 0 Å². The van der Waals surface area contributed by atoms with E-state index in [-0.39, 0.29) is 23.7 Å². The Morgan fingerprint density at radius 1 is 1.14 bits per heavy atom. The Hall–Kier alpha value is -3.55. The molecule has 0 bridgehead atoms. The number of benzene rings is 2. The van der Waals surface area contributed by atoms with E-state index in [0.717, 1.165) is 24.1 Å². The molecule has 1 amide bonds. The Bertz CT molecular complexity index is 1370. The Morgan fingerprint density at radius 2 is 1.83 bits per heavy atom. The number of amides is 1. The highest BCUT2D eigenvalue weighted by atomic mass is 19.1. The molecule has 0 saturated carbocycles. The summed E-state index contributed by atoms with van der Waals surface area (Å²) in [6.45, 7) is 8.23. The van der Waals surface area contributed by atoms with Crippen molar-refractivity contribution in [2.45, 2.75) is 45.6 Å². The minimum absolute atomic E-state index is 0.0373. The molecule has 2 aliphatic rings. The summed E-state index contributed by atoms with van der Waals surface area (Å²) in [6, 6.07) is 8.22. The number of fused-ring (bicyclic) bond motifs is 3. The lowest BCUT2D eigenvalue weighted by Gasteiger charge is -2.36. The molecule has 2 aliphatic heterocycles. The largest absolute Gasteiger partial charge is 0.496 e. The van der Waals surface area contributed by atoms with E-state index in [4.69, 9.17) is 13.9 Å². The van der Waals surface area contributed by atoms with E-state index in [9.17, 15) is 14.0 Å². The second-order valence-corrected chi connectivity index (χ2v) is 10.1. The number of aryl methyl sites for hydroxylation is 2. The van der Waals surface area contributed by atoms with Crippen molar-refractivity contribution in [3.05, 3.63) is 63.3 Å². The van der Waals surface area contributed by atoms with E-state index in [1.807, 2.05) is 26.8 Å². The van der Waals surface area contributed by atoms with Gasteiger partial charge in [0.2, 0.25) is 5.91 Å². The van der Waals surface area contributed by atoms with Gasteiger partial charge in [0.15, 0.2) is 0 Å². The summed E-state index contributed by atoms with van der Waals surface area (Å²) in [5.41, 5.74) is 2.50. The lowest BCUT2D eigenvalue weighted by Crippen LogP contribution is -2.49. The summed E-state index contributed by atoms with van der Waals surface area (Å²) in [7, 11) is 1.57. The van der Waals surface area contributed by atoms with E-state index >= 15 is 0 Å². The van der Waals surface area contributed by atoms with Crippen LogP contribution in [0, 0.1) is 12.7 Å². The van der Waals surface area contributed by atoms with Gasteiger partial charge in [-0.25, -0.2) is 9.18 Å². The summed E-state index contributed by atoms with van der Waals surface area (Å²) in [5.74, 6) is 0.835. The molecule has 36 heavy (non-hydrogen) atoms. The van der Waals surface area contributed by atoms with Crippen LogP contribution >= 0.6 is 0 Å². The van der Waals surface area contributed by atoms with Crippen LogP contribution < -0.4 is 20.0 Å². The van der Waals surface area contributed by atoms with Crippen LogP contribution in [0.25, 0.3) is 11.0 Å². The minimum Gasteiger partial charge on any atom is -0.496 e. The van der Waals surface area contributed by atoms with Crippen molar-refractivity contribution >= 4 is 22.6 Å². The number of nitrogens with zero attached hydrogens (tertiary/aromatic N) is 2. The van der Waals surface area contributed by atoms with Crippen LogP contribution in [0.3, 0.4) is 0 Å². The van der Waals surface area contributed by atoms with Gasteiger partial charge in [0, 0.05) is 43.5 Å². The van der Waals surface area contributed by atoms with Gasteiger partial charge in [-0.2, -0.15) is 0 Å². The van der Waals surface area contributed by atoms with Crippen molar-refractivity contribution in [1.82, 2.24) is 4.90 Å². The number of rotatable bonds is 4. The van der Waals surface area contributed by atoms with Crippen LogP contribution in [0.4, 0.5) is 10.1 Å². The predicted molar refractivity (Wildman–Crippen MR) is 136 cm³/mol. The fourth-order valence-electron chi connectivity index (χ4n) is 5.18. The van der Waals surface area contributed by atoms with Gasteiger partial charge < -0.3 is 23.7 Å². The normalized spacial score (nSPS) is 17.0. The maximum atomic E-state index is 13.2. The van der Waals surface area contributed by atoms with E-state index < -0.39 is 5.63 Å². The molecule has 0 atom stereocenters. The standard InChI is InChI=1S/C28H31FN2O5/c1-17-21(15-24(32)31-13-11-30(12-14-31)19-7-5-18(29)6-8-19)27(33)35-26-20-9-10-28(2,3)36-22(20)16-23(34-4)25(17)26/h5-8,16H,9-15H2,1-4H3. The third-order valence-electron chi connectivity index (χ3n) is 7.31. The number of hydrogen-bond acceptors (Lipinski definition) is 6. The number of ether oxygens (including phenoxy) is 2. The Balaban J connectivity index is 1.39. The highest BCUT2D eigenvalue weighted by Crippen LogP contribution is 2.43. The molecular formula is C28H31FN2O5. The van der Waals surface area contributed by atoms with Crippen molar-refractivity contribution in [3.8, 4) is 11.5 Å². The number of methoxy groups -OCH3 is 1. The zero-order chi connectivity index (χ0) is 25.6. The molecular weight excluding hydrogens is 463 g/mol. The van der Waals surface area contributed by atoms with Crippen LogP contribution in [0.15, 0.2) is 39.5 Å². The van der Waals surface area contributed by atoms with Crippen molar-refractivity contribution in [2.75, 3.05) is 38.2 Å². The average molecular weight is 495 g/mol. The first-order valence-electron chi connectivity index (χ1n) is 12.3. The van der Waals surface area contributed by atoms with Gasteiger partial charge in [-0.05, 0) is 63.4 Å².